The van der Waals surface area contributed by atoms with Gasteiger partial charge in [-0.15, -0.1) is 10.2 Å². The van der Waals surface area contributed by atoms with Gasteiger partial charge in [0.2, 0.25) is 0 Å². The molecule has 6 nitrogen and oxygen atoms in total. The van der Waals surface area contributed by atoms with Gasteiger partial charge < -0.3 is 9.88 Å². The molecule has 0 radical (unpaired) electrons. The van der Waals surface area contributed by atoms with Crippen LogP contribution in [0.3, 0.4) is 0 Å². The Bertz CT molecular complexity index is 565. The monoisotopic (exact) mass is 266 g/mol. The van der Waals surface area contributed by atoms with E-state index in [0.29, 0.717) is 11.0 Å². The minimum atomic E-state index is -0.0124. The maximum Gasteiger partial charge on any atom is 0.154 e. The Morgan fingerprint density at radius 1 is 1.33 bits per heavy atom. The fourth-order valence-electron chi connectivity index (χ4n) is 1.69. The number of nitrogens with one attached hydrogen (secondary N) is 1. The predicted octanol–water partition coefficient (Wildman–Crippen LogP) is 2.05. The van der Waals surface area contributed by atoms with Crippen molar-refractivity contribution in [2.24, 2.45) is 7.05 Å². The van der Waals surface area contributed by atoms with Crippen LogP contribution in [0, 0.1) is 13.8 Å². The Morgan fingerprint density at radius 3 is 2.67 bits per heavy atom. The lowest BCUT2D eigenvalue weighted by atomic mass is 10.2. The summed E-state index contributed by atoms with van der Waals surface area (Å²) in [6, 6.07) is -0.0124. The van der Waals surface area contributed by atoms with Gasteiger partial charge >= 0.3 is 0 Å². The summed E-state index contributed by atoms with van der Waals surface area (Å²) in [5, 5.41) is 11.7. The number of anilines is 1. The van der Waals surface area contributed by atoms with E-state index in [4.69, 9.17) is 11.6 Å². The van der Waals surface area contributed by atoms with E-state index in [9.17, 15) is 0 Å². The predicted molar refractivity (Wildman–Crippen MR) is 69.6 cm³/mol. The molecule has 2 aromatic rings. The van der Waals surface area contributed by atoms with Gasteiger partial charge in [0.05, 0.1) is 6.04 Å². The fourth-order valence-corrected chi connectivity index (χ4v) is 1.90. The average molecular weight is 267 g/mol. The van der Waals surface area contributed by atoms with Crippen molar-refractivity contribution in [1.82, 2.24) is 24.7 Å². The largest absolute Gasteiger partial charge is 0.360 e. The molecule has 96 valence electrons. The molecule has 1 unspecified atom stereocenters. The first kappa shape index (κ1) is 12.8. The molecule has 0 fully saturated rings. The van der Waals surface area contributed by atoms with Gasteiger partial charge in [0.15, 0.2) is 5.82 Å². The quantitative estimate of drug-likeness (QED) is 0.861. The Balaban J connectivity index is 2.27. The minimum absolute atomic E-state index is 0.0124. The molecule has 0 saturated heterocycles. The van der Waals surface area contributed by atoms with Crippen molar-refractivity contribution in [2.45, 2.75) is 26.8 Å². The molecule has 2 rings (SSSR count). The lowest BCUT2D eigenvalue weighted by Gasteiger charge is -2.16. The molecule has 2 aromatic heterocycles. The summed E-state index contributed by atoms with van der Waals surface area (Å²) in [6.07, 6.45) is 1.67. The second-order valence-corrected chi connectivity index (χ2v) is 4.56. The van der Waals surface area contributed by atoms with Crippen molar-refractivity contribution in [3.8, 4) is 0 Å². The van der Waals surface area contributed by atoms with E-state index >= 15 is 0 Å². The summed E-state index contributed by atoms with van der Waals surface area (Å²) in [5.74, 6) is 2.20. The van der Waals surface area contributed by atoms with Crippen molar-refractivity contribution >= 4 is 17.4 Å². The normalized spacial score (nSPS) is 12.5. The maximum atomic E-state index is 6.03. The van der Waals surface area contributed by atoms with E-state index in [1.165, 1.54) is 0 Å². The Kier molecular flexibility index (Phi) is 3.47. The molecular formula is C11H15ClN6. The number of nitrogens with zero attached hydrogens (tertiary/aromatic N) is 5. The van der Waals surface area contributed by atoms with E-state index in [-0.39, 0.29) is 6.04 Å². The van der Waals surface area contributed by atoms with Crippen molar-refractivity contribution in [2.75, 3.05) is 5.32 Å². The Labute approximate surface area is 110 Å². The van der Waals surface area contributed by atoms with Crippen molar-refractivity contribution < 1.29 is 0 Å². The standard InChI is InChI=1S/C11H15ClN6/c1-6-9(12)15-8(3)16-10(6)14-7(2)11-17-13-5-18(11)4/h5,7H,1-4H3,(H,14,15,16). The van der Waals surface area contributed by atoms with Crippen LogP contribution < -0.4 is 5.32 Å². The molecule has 0 aliphatic rings. The highest BCUT2D eigenvalue weighted by atomic mass is 35.5. The SMILES string of the molecule is Cc1nc(Cl)c(C)c(NC(C)c2nncn2C)n1. The number of hydrogen-bond donors (Lipinski definition) is 1. The zero-order valence-electron chi connectivity index (χ0n) is 10.8. The zero-order chi connectivity index (χ0) is 13.3. The number of halogens is 1. The van der Waals surface area contributed by atoms with Gasteiger partial charge in [0, 0.05) is 12.6 Å². The van der Waals surface area contributed by atoms with Gasteiger partial charge in [-0.05, 0) is 20.8 Å². The molecule has 0 aromatic carbocycles. The summed E-state index contributed by atoms with van der Waals surface area (Å²) < 4.78 is 1.86. The first-order valence-electron chi connectivity index (χ1n) is 5.60. The summed E-state index contributed by atoms with van der Waals surface area (Å²) in [6.45, 7) is 5.69. The van der Waals surface area contributed by atoms with E-state index in [0.717, 1.165) is 17.2 Å². The third-order valence-electron chi connectivity index (χ3n) is 2.69. The first-order chi connectivity index (χ1) is 8.49. The second-order valence-electron chi connectivity index (χ2n) is 4.20. The van der Waals surface area contributed by atoms with E-state index in [2.05, 4.69) is 25.5 Å². The molecule has 0 aliphatic heterocycles. The van der Waals surface area contributed by atoms with Crippen LogP contribution >= 0.6 is 11.6 Å². The maximum absolute atomic E-state index is 6.03. The highest BCUT2D eigenvalue weighted by molar-refractivity contribution is 6.30. The molecule has 1 atom stereocenters. The minimum Gasteiger partial charge on any atom is -0.360 e. The third-order valence-corrected chi connectivity index (χ3v) is 3.05. The van der Waals surface area contributed by atoms with E-state index in [1.54, 1.807) is 6.33 Å². The zero-order valence-corrected chi connectivity index (χ0v) is 11.5. The lowest BCUT2D eigenvalue weighted by molar-refractivity contribution is 0.714. The van der Waals surface area contributed by atoms with Crippen LogP contribution in [0.25, 0.3) is 0 Å². The van der Waals surface area contributed by atoms with Crippen LogP contribution in [0.5, 0.6) is 0 Å². The molecule has 0 amide bonds. The summed E-state index contributed by atoms with van der Waals surface area (Å²) >= 11 is 6.03. The number of hydrogen-bond acceptors (Lipinski definition) is 5. The summed E-state index contributed by atoms with van der Waals surface area (Å²) in [5.41, 5.74) is 0.830. The summed E-state index contributed by atoms with van der Waals surface area (Å²) in [4.78, 5) is 8.45. The van der Waals surface area contributed by atoms with Crippen LogP contribution in [-0.2, 0) is 7.05 Å². The molecule has 0 spiro atoms. The van der Waals surface area contributed by atoms with Gasteiger partial charge in [-0.1, -0.05) is 11.6 Å². The lowest BCUT2D eigenvalue weighted by Crippen LogP contribution is -2.14. The molecule has 0 saturated carbocycles. The summed E-state index contributed by atoms with van der Waals surface area (Å²) in [7, 11) is 1.90. The molecule has 0 bridgehead atoms. The van der Waals surface area contributed by atoms with Gasteiger partial charge in [0.1, 0.15) is 23.1 Å². The first-order valence-corrected chi connectivity index (χ1v) is 5.98. The number of aromatic nitrogens is 5. The highest BCUT2D eigenvalue weighted by Gasteiger charge is 2.14. The van der Waals surface area contributed by atoms with E-state index in [1.807, 2.05) is 32.4 Å². The molecule has 7 heteroatoms. The third kappa shape index (κ3) is 2.43. The van der Waals surface area contributed by atoms with Crippen LogP contribution in [0.2, 0.25) is 5.15 Å². The molecule has 0 aliphatic carbocycles. The van der Waals surface area contributed by atoms with Crippen molar-refractivity contribution in [3.63, 3.8) is 0 Å². The van der Waals surface area contributed by atoms with Crippen LogP contribution in [0.15, 0.2) is 6.33 Å². The Hall–Kier alpha value is -1.69. The smallest absolute Gasteiger partial charge is 0.154 e. The Morgan fingerprint density at radius 2 is 2.06 bits per heavy atom. The number of aryl methyl sites for hydroxylation is 2. The molecular weight excluding hydrogens is 252 g/mol. The second kappa shape index (κ2) is 4.89. The topological polar surface area (TPSA) is 68.5 Å². The van der Waals surface area contributed by atoms with Gasteiger partial charge in [-0.3, -0.25) is 0 Å². The average Bonchev–Trinajstić information content (AvgIpc) is 2.71. The van der Waals surface area contributed by atoms with Crippen molar-refractivity contribution in [1.29, 1.82) is 0 Å². The molecule has 18 heavy (non-hydrogen) atoms. The van der Waals surface area contributed by atoms with Gasteiger partial charge in [0.25, 0.3) is 0 Å². The van der Waals surface area contributed by atoms with Gasteiger partial charge in [-0.25, -0.2) is 9.97 Å². The highest BCUT2D eigenvalue weighted by Crippen LogP contribution is 2.23. The van der Waals surface area contributed by atoms with Crippen LogP contribution in [0.1, 0.15) is 30.2 Å². The van der Waals surface area contributed by atoms with E-state index < -0.39 is 0 Å². The molecule has 1 N–H and O–H groups in total. The fraction of sp³-hybridized carbons (Fsp3) is 0.455. The van der Waals surface area contributed by atoms with Crippen LogP contribution in [-0.4, -0.2) is 24.7 Å². The van der Waals surface area contributed by atoms with Gasteiger partial charge in [-0.2, -0.15) is 0 Å². The van der Waals surface area contributed by atoms with Crippen LogP contribution in [0.4, 0.5) is 5.82 Å². The van der Waals surface area contributed by atoms with Crippen molar-refractivity contribution in [3.05, 3.63) is 28.7 Å². The molecule has 2 heterocycles. The number of rotatable bonds is 3.